The van der Waals surface area contributed by atoms with Gasteiger partial charge < -0.3 is 15.4 Å². The summed E-state index contributed by atoms with van der Waals surface area (Å²) in [5.41, 5.74) is 8.07. The molecule has 0 unspecified atom stereocenters. The Balaban J connectivity index is 1.84. The molecule has 1 saturated carbocycles. The standard InChI is InChI=1S/C15H22N2O2S/c16-14-13(15(18)17-6-8-19-9-7-17)12(10-20-14)11-4-2-1-3-5-11/h10-11H,1-9,16H2. The van der Waals surface area contributed by atoms with Crippen LogP contribution in [0.4, 0.5) is 5.00 Å². The Hall–Kier alpha value is -1.07. The Morgan fingerprint density at radius 1 is 1.25 bits per heavy atom. The van der Waals surface area contributed by atoms with Crippen molar-refractivity contribution in [1.82, 2.24) is 4.90 Å². The van der Waals surface area contributed by atoms with E-state index in [-0.39, 0.29) is 5.91 Å². The SMILES string of the molecule is Nc1scc(C2CCCCC2)c1C(=O)N1CCOCC1. The van der Waals surface area contributed by atoms with Gasteiger partial charge in [0, 0.05) is 13.1 Å². The van der Waals surface area contributed by atoms with Gasteiger partial charge in [-0.05, 0) is 29.7 Å². The van der Waals surface area contributed by atoms with Crippen molar-refractivity contribution in [2.45, 2.75) is 38.0 Å². The highest BCUT2D eigenvalue weighted by Crippen LogP contribution is 2.39. The number of ether oxygens (including phenoxy) is 1. The molecule has 20 heavy (non-hydrogen) atoms. The second kappa shape index (κ2) is 6.14. The maximum atomic E-state index is 12.7. The summed E-state index contributed by atoms with van der Waals surface area (Å²) < 4.78 is 5.32. The summed E-state index contributed by atoms with van der Waals surface area (Å²) in [6.07, 6.45) is 6.25. The van der Waals surface area contributed by atoms with Crippen molar-refractivity contribution in [3.63, 3.8) is 0 Å². The number of nitrogens with zero attached hydrogens (tertiary/aromatic N) is 1. The van der Waals surface area contributed by atoms with E-state index in [9.17, 15) is 4.79 Å². The molecule has 2 N–H and O–H groups in total. The van der Waals surface area contributed by atoms with Crippen LogP contribution in [0.5, 0.6) is 0 Å². The van der Waals surface area contributed by atoms with Crippen LogP contribution in [0.15, 0.2) is 5.38 Å². The molecular weight excluding hydrogens is 272 g/mol. The van der Waals surface area contributed by atoms with E-state index in [0.29, 0.717) is 37.2 Å². The number of hydrogen-bond acceptors (Lipinski definition) is 4. The highest BCUT2D eigenvalue weighted by molar-refractivity contribution is 7.14. The van der Waals surface area contributed by atoms with Crippen molar-refractivity contribution in [2.24, 2.45) is 0 Å². The maximum Gasteiger partial charge on any atom is 0.257 e. The first-order valence-electron chi connectivity index (χ1n) is 7.51. The van der Waals surface area contributed by atoms with E-state index in [1.54, 1.807) is 0 Å². The van der Waals surface area contributed by atoms with E-state index in [4.69, 9.17) is 10.5 Å². The molecule has 0 radical (unpaired) electrons. The van der Waals surface area contributed by atoms with E-state index in [1.807, 2.05) is 4.90 Å². The lowest BCUT2D eigenvalue weighted by molar-refractivity contribution is 0.0302. The van der Waals surface area contributed by atoms with Crippen LogP contribution in [0.3, 0.4) is 0 Å². The number of nitrogen functional groups attached to an aromatic ring is 1. The van der Waals surface area contributed by atoms with Gasteiger partial charge in [-0.2, -0.15) is 0 Å². The van der Waals surface area contributed by atoms with Crippen LogP contribution in [0.1, 0.15) is 53.9 Å². The van der Waals surface area contributed by atoms with Crippen molar-refractivity contribution >= 4 is 22.2 Å². The van der Waals surface area contributed by atoms with Gasteiger partial charge in [-0.25, -0.2) is 0 Å². The van der Waals surface area contributed by atoms with Crippen LogP contribution < -0.4 is 5.73 Å². The summed E-state index contributed by atoms with van der Waals surface area (Å²) >= 11 is 1.52. The molecular formula is C15H22N2O2S. The molecule has 0 atom stereocenters. The molecule has 2 heterocycles. The summed E-state index contributed by atoms with van der Waals surface area (Å²) in [6.45, 7) is 2.62. The van der Waals surface area contributed by atoms with E-state index < -0.39 is 0 Å². The van der Waals surface area contributed by atoms with Gasteiger partial charge in [0.25, 0.3) is 5.91 Å². The molecule has 1 saturated heterocycles. The number of rotatable bonds is 2. The Morgan fingerprint density at radius 2 is 1.95 bits per heavy atom. The second-order valence-corrected chi connectivity index (χ2v) is 6.58. The van der Waals surface area contributed by atoms with Gasteiger partial charge in [0.05, 0.1) is 23.8 Å². The molecule has 1 aliphatic heterocycles. The smallest absolute Gasteiger partial charge is 0.257 e. The topological polar surface area (TPSA) is 55.6 Å². The minimum atomic E-state index is 0.104. The monoisotopic (exact) mass is 294 g/mol. The average Bonchev–Trinajstić information content (AvgIpc) is 2.90. The average molecular weight is 294 g/mol. The number of hydrogen-bond donors (Lipinski definition) is 1. The van der Waals surface area contributed by atoms with Crippen molar-refractivity contribution in [3.05, 3.63) is 16.5 Å². The third-order valence-corrected chi connectivity index (χ3v) is 5.23. The van der Waals surface area contributed by atoms with Crippen LogP contribution in [0.25, 0.3) is 0 Å². The molecule has 1 aromatic rings. The van der Waals surface area contributed by atoms with Gasteiger partial charge in [0.15, 0.2) is 0 Å². The summed E-state index contributed by atoms with van der Waals surface area (Å²) in [5, 5.41) is 2.79. The Morgan fingerprint density at radius 3 is 2.65 bits per heavy atom. The minimum Gasteiger partial charge on any atom is -0.390 e. The molecule has 1 amide bonds. The normalized spacial score (nSPS) is 21.1. The molecule has 0 bridgehead atoms. The fourth-order valence-corrected chi connectivity index (χ4v) is 4.14. The van der Waals surface area contributed by atoms with E-state index in [2.05, 4.69) is 5.38 Å². The maximum absolute atomic E-state index is 12.7. The molecule has 3 rings (SSSR count). The van der Waals surface area contributed by atoms with Crippen LogP contribution in [0.2, 0.25) is 0 Å². The largest absolute Gasteiger partial charge is 0.390 e. The predicted octanol–water partition coefficient (Wildman–Crippen LogP) is 2.85. The molecule has 0 spiro atoms. The van der Waals surface area contributed by atoms with Crippen LogP contribution in [0, 0.1) is 0 Å². The summed E-state index contributed by atoms with van der Waals surface area (Å²) in [5.74, 6) is 0.630. The van der Waals surface area contributed by atoms with E-state index in [0.717, 1.165) is 5.56 Å². The number of amides is 1. The summed E-state index contributed by atoms with van der Waals surface area (Å²) in [7, 11) is 0. The Kier molecular flexibility index (Phi) is 4.27. The lowest BCUT2D eigenvalue weighted by Crippen LogP contribution is -2.41. The fourth-order valence-electron chi connectivity index (χ4n) is 3.25. The van der Waals surface area contributed by atoms with Crippen molar-refractivity contribution in [1.29, 1.82) is 0 Å². The van der Waals surface area contributed by atoms with Gasteiger partial charge in [0.1, 0.15) is 0 Å². The first-order valence-corrected chi connectivity index (χ1v) is 8.39. The predicted molar refractivity (Wildman–Crippen MR) is 81.3 cm³/mol. The van der Waals surface area contributed by atoms with Crippen molar-refractivity contribution in [2.75, 3.05) is 32.0 Å². The van der Waals surface area contributed by atoms with Gasteiger partial charge in [-0.1, -0.05) is 19.3 Å². The Bertz CT molecular complexity index is 474. The van der Waals surface area contributed by atoms with Crippen molar-refractivity contribution in [3.8, 4) is 0 Å². The molecule has 5 heteroatoms. The Labute approximate surface area is 123 Å². The lowest BCUT2D eigenvalue weighted by Gasteiger charge is -2.28. The lowest BCUT2D eigenvalue weighted by atomic mass is 9.83. The third-order valence-electron chi connectivity index (χ3n) is 4.41. The fraction of sp³-hybridized carbons (Fsp3) is 0.667. The number of carbonyl (C=O) groups is 1. The van der Waals surface area contributed by atoms with Crippen molar-refractivity contribution < 1.29 is 9.53 Å². The van der Waals surface area contributed by atoms with Crippen LogP contribution >= 0.6 is 11.3 Å². The molecule has 2 fully saturated rings. The van der Waals surface area contributed by atoms with Gasteiger partial charge in [0.2, 0.25) is 0 Å². The van der Waals surface area contributed by atoms with Gasteiger partial charge >= 0.3 is 0 Å². The summed E-state index contributed by atoms with van der Waals surface area (Å²) in [4.78, 5) is 14.6. The van der Waals surface area contributed by atoms with Crippen LogP contribution in [-0.4, -0.2) is 37.1 Å². The number of thiophene rings is 1. The number of anilines is 1. The third kappa shape index (κ3) is 2.69. The number of morpholine rings is 1. The quantitative estimate of drug-likeness (QED) is 0.912. The first kappa shape index (κ1) is 13.9. The molecule has 110 valence electrons. The zero-order chi connectivity index (χ0) is 13.9. The number of nitrogens with two attached hydrogens (primary N) is 1. The molecule has 1 aromatic heterocycles. The zero-order valence-corrected chi connectivity index (χ0v) is 12.6. The van der Waals surface area contributed by atoms with Gasteiger partial charge in [-0.15, -0.1) is 11.3 Å². The minimum absolute atomic E-state index is 0.104. The molecule has 1 aliphatic carbocycles. The number of carbonyl (C=O) groups excluding carboxylic acids is 1. The van der Waals surface area contributed by atoms with Crippen LogP contribution in [-0.2, 0) is 4.74 Å². The highest BCUT2D eigenvalue weighted by Gasteiger charge is 2.28. The first-order chi connectivity index (χ1) is 9.77. The zero-order valence-electron chi connectivity index (χ0n) is 11.8. The highest BCUT2D eigenvalue weighted by atomic mass is 32.1. The molecule has 4 nitrogen and oxygen atoms in total. The van der Waals surface area contributed by atoms with E-state index in [1.165, 1.54) is 49.0 Å². The summed E-state index contributed by atoms with van der Waals surface area (Å²) in [6, 6.07) is 0. The molecule has 2 aliphatic rings. The second-order valence-electron chi connectivity index (χ2n) is 5.67. The van der Waals surface area contributed by atoms with Gasteiger partial charge in [-0.3, -0.25) is 4.79 Å². The van der Waals surface area contributed by atoms with E-state index >= 15 is 0 Å². The molecule has 0 aromatic carbocycles.